The van der Waals surface area contributed by atoms with Crippen LogP contribution in [-0.4, -0.2) is 36.2 Å². The van der Waals surface area contributed by atoms with Crippen molar-refractivity contribution in [2.75, 3.05) is 6.54 Å². The number of nitrogens with zero attached hydrogens (tertiary/aromatic N) is 2. The van der Waals surface area contributed by atoms with Gasteiger partial charge in [-0.15, -0.1) is 22.7 Å². The molecule has 1 amide bonds. The van der Waals surface area contributed by atoms with Crippen molar-refractivity contribution < 1.29 is 17.6 Å². The minimum absolute atomic E-state index is 0.196. The summed E-state index contributed by atoms with van der Waals surface area (Å²) in [4.78, 5) is 18.8. The number of amides is 1. The quantitative estimate of drug-likeness (QED) is 0.601. The Bertz CT molecular complexity index is 1170. The monoisotopic (exact) mass is 465 g/mol. The number of aryl methyl sites for hydroxylation is 1. The van der Waals surface area contributed by atoms with E-state index in [1.807, 2.05) is 24.4 Å². The van der Waals surface area contributed by atoms with Gasteiger partial charge in [-0.3, -0.25) is 4.79 Å². The van der Waals surface area contributed by atoms with Crippen molar-refractivity contribution in [3.63, 3.8) is 0 Å². The molecule has 2 aromatic heterocycles. The maximum atomic E-state index is 14.1. The number of hydrogen-bond acceptors (Lipinski definition) is 6. The molecular formula is C20H20FN3O3S3. The standard InChI is InChI=1S/C20H20FN3O3S3/c1-13-23-16(12-28-13)18-9-8-14(29-18)11-22-20(25)17-6-4-10-24(17)30(26,27)19-7-3-2-5-15(19)21/h2-3,5,7-9,12,17H,4,6,10-11H2,1H3,(H,22,25). The highest BCUT2D eigenvalue weighted by Crippen LogP contribution is 2.30. The lowest BCUT2D eigenvalue weighted by Gasteiger charge is -2.23. The summed E-state index contributed by atoms with van der Waals surface area (Å²) in [5, 5.41) is 5.82. The van der Waals surface area contributed by atoms with Gasteiger partial charge in [0, 0.05) is 16.8 Å². The molecule has 3 aromatic rings. The molecule has 1 fully saturated rings. The summed E-state index contributed by atoms with van der Waals surface area (Å²) in [6.45, 7) is 2.45. The van der Waals surface area contributed by atoms with E-state index >= 15 is 0 Å². The lowest BCUT2D eigenvalue weighted by atomic mass is 10.2. The second kappa shape index (κ2) is 8.54. The third-order valence-electron chi connectivity index (χ3n) is 4.90. The number of aromatic nitrogens is 1. The zero-order chi connectivity index (χ0) is 21.3. The van der Waals surface area contributed by atoms with Crippen molar-refractivity contribution in [3.05, 3.63) is 57.5 Å². The minimum Gasteiger partial charge on any atom is -0.350 e. The predicted molar refractivity (Wildman–Crippen MR) is 115 cm³/mol. The van der Waals surface area contributed by atoms with Crippen LogP contribution in [0.15, 0.2) is 46.7 Å². The fourth-order valence-corrected chi connectivity index (χ4v) is 6.77. The fraction of sp³-hybridized carbons (Fsp3) is 0.300. The van der Waals surface area contributed by atoms with E-state index in [1.54, 1.807) is 11.3 Å². The Balaban J connectivity index is 1.44. The first-order valence-corrected chi connectivity index (χ1v) is 12.5. The summed E-state index contributed by atoms with van der Waals surface area (Å²) in [5.41, 5.74) is 0.915. The van der Waals surface area contributed by atoms with Crippen LogP contribution in [0.3, 0.4) is 0 Å². The minimum atomic E-state index is -4.08. The molecule has 1 aliphatic rings. The van der Waals surface area contributed by atoms with Gasteiger partial charge in [0.05, 0.1) is 22.1 Å². The van der Waals surface area contributed by atoms with E-state index in [-0.39, 0.29) is 12.5 Å². The molecule has 1 N–H and O–H groups in total. The highest BCUT2D eigenvalue weighted by Gasteiger charge is 2.40. The van der Waals surface area contributed by atoms with Crippen LogP contribution in [0.2, 0.25) is 0 Å². The molecule has 1 aliphatic heterocycles. The topological polar surface area (TPSA) is 79.4 Å². The molecule has 0 aliphatic carbocycles. The zero-order valence-electron chi connectivity index (χ0n) is 16.2. The van der Waals surface area contributed by atoms with Crippen LogP contribution in [0, 0.1) is 12.7 Å². The number of sulfonamides is 1. The molecule has 30 heavy (non-hydrogen) atoms. The number of carbonyl (C=O) groups is 1. The highest BCUT2D eigenvalue weighted by atomic mass is 32.2. The molecule has 1 saturated heterocycles. The molecule has 0 bridgehead atoms. The molecule has 0 saturated carbocycles. The Hall–Kier alpha value is -2.14. The molecule has 158 valence electrons. The number of thiophene rings is 1. The second-order valence-electron chi connectivity index (χ2n) is 6.94. The van der Waals surface area contributed by atoms with Crippen molar-refractivity contribution in [1.82, 2.24) is 14.6 Å². The van der Waals surface area contributed by atoms with Gasteiger partial charge in [-0.1, -0.05) is 12.1 Å². The largest absolute Gasteiger partial charge is 0.350 e. The van der Waals surface area contributed by atoms with Crippen molar-refractivity contribution in [2.45, 2.75) is 37.2 Å². The molecule has 1 atom stereocenters. The summed E-state index contributed by atoms with van der Waals surface area (Å²) in [6.07, 6.45) is 0.964. The van der Waals surface area contributed by atoms with Gasteiger partial charge >= 0.3 is 0 Å². The number of nitrogens with one attached hydrogen (secondary N) is 1. The number of benzene rings is 1. The lowest BCUT2D eigenvalue weighted by Crippen LogP contribution is -2.45. The number of thiazole rings is 1. The smallest absolute Gasteiger partial charge is 0.246 e. The van der Waals surface area contributed by atoms with E-state index in [2.05, 4.69) is 10.3 Å². The van der Waals surface area contributed by atoms with Gasteiger partial charge in [0.1, 0.15) is 16.8 Å². The fourth-order valence-electron chi connectivity index (χ4n) is 3.45. The highest BCUT2D eigenvalue weighted by molar-refractivity contribution is 7.89. The number of rotatable bonds is 6. The maximum absolute atomic E-state index is 14.1. The number of carbonyl (C=O) groups excluding carboxylic acids is 1. The predicted octanol–water partition coefficient (Wildman–Crippen LogP) is 3.79. The molecule has 4 rings (SSSR count). The molecule has 6 nitrogen and oxygen atoms in total. The Labute approximate surface area is 182 Å². The van der Waals surface area contributed by atoms with Gasteiger partial charge in [0.15, 0.2) is 0 Å². The van der Waals surface area contributed by atoms with Gasteiger partial charge < -0.3 is 5.32 Å². The lowest BCUT2D eigenvalue weighted by molar-refractivity contribution is -0.124. The van der Waals surface area contributed by atoms with Crippen molar-refractivity contribution in [2.24, 2.45) is 0 Å². The van der Waals surface area contributed by atoms with Gasteiger partial charge in [0.25, 0.3) is 0 Å². The summed E-state index contributed by atoms with van der Waals surface area (Å²) in [5.74, 6) is -1.18. The van der Waals surface area contributed by atoms with Crippen molar-refractivity contribution in [1.29, 1.82) is 0 Å². The summed E-state index contributed by atoms with van der Waals surface area (Å²) >= 11 is 3.12. The molecule has 0 spiro atoms. The maximum Gasteiger partial charge on any atom is 0.246 e. The van der Waals surface area contributed by atoms with E-state index in [9.17, 15) is 17.6 Å². The van der Waals surface area contributed by atoms with Gasteiger partial charge in [0.2, 0.25) is 15.9 Å². The number of halogens is 1. The zero-order valence-corrected chi connectivity index (χ0v) is 18.6. The van der Waals surface area contributed by atoms with Crippen LogP contribution >= 0.6 is 22.7 Å². The average molecular weight is 466 g/mol. The van der Waals surface area contributed by atoms with Gasteiger partial charge in [-0.2, -0.15) is 4.31 Å². The summed E-state index contributed by atoms with van der Waals surface area (Å²) in [7, 11) is -4.08. The molecule has 1 unspecified atom stereocenters. The summed E-state index contributed by atoms with van der Waals surface area (Å²) < 4.78 is 41.0. The first-order chi connectivity index (χ1) is 14.4. The summed E-state index contributed by atoms with van der Waals surface area (Å²) in [6, 6.07) is 8.30. The third kappa shape index (κ3) is 4.18. The Morgan fingerprint density at radius 3 is 2.83 bits per heavy atom. The van der Waals surface area contributed by atoms with E-state index < -0.39 is 26.8 Å². The Morgan fingerprint density at radius 1 is 1.30 bits per heavy atom. The van der Waals surface area contributed by atoms with E-state index in [1.165, 1.54) is 29.5 Å². The second-order valence-corrected chi connectivity index (χ2v) is 11.0. The van der Waals surface area contributed by atoms with Crippen LogP contribution in [0.5, 0.6) is 0 Å². The van der Waals surface area contributed by atoms with Crippen molar-refractivity contribution >= 4 is 38.6 Å². The Morgan fingerprint density at radius 2 is 2.10 bits per heavy atom. The molecular weight excluding hydrogens is 445 g/mol. The van der Waals surface area contributed by atoms with E-state index in [0.29, 0.717) is 19.4 Å². The van der Waals surface area contributed by atoms with Gasteiger partial charge in [-0.05, 0) is 44.0 Å². The average Bonchev–Trinajstić information content (AvgIpc) is 3.46. The van der Waals surface area contributed by atoms with E-state index in [4.69, 9.17) is 0 Å². The molecule has 0 radical (unpaired) electrons. The van der Waals surface area contributed by atoms with E-state index in [0.717, 1.165) is 30.8 Å². The van der Waals surface area contributed by atoms with Crippen LogP contribution < -0.4 is 5.32 Å². The van der Waals surface area contributed by atoms with Crippen LogP contribution in [-0.2, 0) is 21.4 Å². The van der Waals surface area contributed by atoms with Crippen LogP contribution in [0.4, 0.5) is 4.39 Å². The SMILES string of the molecule is Cc1nc(-c2ccc(CNC(=O)C3CCCN3S(=O)(=O)c3ccccc3F)s2)cs1. The first kappa shape index (κ1) is 21.1. The number of hydrogen-bond donors (Lipinski definition) is 1. The van der Waals surface area contributed by atoms with Crippen molar-refractivity contribution in [3.8, 4) is 10.6 Å². The first-order valence-electron chi connectivity index (χ1n) is 9.41. The van der Waals surface area contributed by atoms with Crippen LogP contribution in [0.1, 0.15) is 22.7 Å². The molecule has 10 heteroatoms. The molecule has 3 heterocycles. The molecule has 1 aromatic carbocycles. The Kier molecular flexibility index (Phi) is 6.01. The van der Waals surface area contributed by atoms with Gasteiger partial charge in [-0.25, -0.2) is 17.8 Å². The normalized spacial score (nSPS) is 17.3. The van der Waals surface area contributed by atoms with Crippen LogP contribution in [0.25, 0.3) is 10.6 Å². The third-order valence-corrected chi connectivity index (χ3v) is 8.72.